The van der Waals surface area contributed by atoms with Crippen LogP contribution in [0, 0.1) is 0 Å². The van der Waals surface area contributed by atoms with Gasteiger partial charge >= 0.3 is 0 Å². The fourth-order valence-corrected chi connectivity index (χ4v) is 3.70. The van der Waals surface area contributed by atoms with Gasteiger partial charge in [-0.1, -0.05) is 0 Å². The van der Waals surface area contributed by atoms with Crippen LogP contribution in [0.5, 0.6) is 11.5 Å². The van der Waals surface area contributed by atoms with Crippen molar-refractivity contribution in [2.24, 2.45) is 0 Å². The molecule has 8 nitrogen and oxygen atoms in total. The second-order valence-corrected chi connectivity index (χ2v) is 7.28. The molecule has 24 heavy (non-hydrogen) atoms. The van der Waals surface area contributed by atoms with E-state index in [0.29, 0.717) is 43.5 Å². The number of carbonyl (C=O) groups is 1. The zero-order chi connectivity index (χ0) is 17.6. The van der Waals surface area contributed by atoms with E-state index in [1.807, 2.05) is 0 Å². The number of hydrogen-bond acceptors (Lipinski definition) is 6. The summed E-state index contributed by atoms with van der Waals surface area (Å²) in [6, 6.07) is 4.97. The van der Waals surface area contributed by atoms with E-state index in [1.54, 1.807) is 18.2 Å². The summed E-state index contributed by atoms with van der Waals surface area (Å²) >= 11 is 0. The normalized spacial score (nSPS) is 15.8. The van der Waals surface area contributed by atoms with E-state index in [4.69, 9.17) is 14.2 Å². The average Bonchev–Trinajstić information content (AvgIpc) is 2.61. The summed E-state index contributed by atoms with van der Waals surface area (Å²) in [4.78, 5) is 12.1. The molecule has 134 valence electrons. The SMILES string of the molecule is COc1ccc(NC(=O)CCS(=O)(=O)N2CCOCC2)c(OC)c1. The van der Waals surface area contributed by atoms with Gasteiger partial charge in [-0.15, -0.1) is 0 Å². The van der Waals surface area contributed by atoms with Crippen LogP contribution in [0.15, 0.2) is 18.2 Å². The number of rotatable bonds is 7. The van der Waals surface area contributed by atoms with E-state index in [1.165, 1.54) is 18.5 Å². The molecule has 1 N–H and O–H groups in total. The van der Waals surface area contributed by atoms with Crippen LogP contribution >= 0.6 is 0 Å². The summed E-state index contributed by atoms with van der Waals surface area (Å²) in [6.45, 7) is 1.43. The number of benzene rings is 1. The van der Waals surface area contributed by atoms with E-state index in [-0.39, 0.29) is 12.2 Å². The van der Waals surface area contributed by atoms with E-state index in [0.717, 1.165) is 0 Å². The van der Waals surface area contributed by atoms with Gasteiger partial charge in [-0.3, -0.25) is 4.79 Å². The zero-order valence-electron chi connectivity index (χ0n) is 13.8. The number of amides is 1. The molecule has 0 saturated carbocycles. The molecule has 1 aromatic carbocycles. The van der Waals surface area contributed by atoms with Gasteiger partial charge in [0.1, 0.15) is 11.5 Å². The minimum atomic E-state index is -3.46. The number of morpholine rings is 1. The Bertz CT molecular complexity index is 671. The van der Waals surface area contributed by atoms with Crippen molar-refractivity contribution in [2.75, 3.05) is 51.6 Å². The Kier molecular flexibility index (Phi) is 6.41. The van der Waals surface area contributed by atoms with Crippen molar-refractivity contribution < 1.29 is 27.4 Å². The molecule has 1 aromatic rings. The quantitative estimate of drug-likeness (QED) is 0.771. The third-order valence-electron chi connectivity index (χ3n) is 3.63. The predicted molar refractivity (Wildman–Crippen MR) is 89.0 cm³/mol. The molecule has 1 aliphatic heterocycles. The number of anilines is 1. The second kappa shape index (κ2) is 8.32. The highest BCUT2D eigenvalue weighted by Gasteiger charge is 2.25. The highest BCUT2D eigenvalue weighted by Crippen LogP contribution is 2.29. The Morgan fingerprint density at radius 2 is 1.96 bits per heavy atom. The van der Waals surface area contributed by atoms with Crippen molar-refractivity contribution in [1.29, 1.82) is 0 Å². The first-order chi connectivity index (χ1) is 11.5. The predicted octanol–water partition coefficient (Wildman–Crippen LogP) is 0.694. The molecule has 0 aromatic heterocycles. The number of nitrogens with one attached hydrogen (secondary N) is 1. The van der Waals surface area contributed by atoms with Crippen LogP contribution in [0.1, 0.15) is 6.42 Å². The molecule has 0 radical (unpaired) electrons. The van der Waals surface area contributed by atoms with Crippen LogP contribution in [0.4, 0.5) is 5.69 Å². The molecule has 1 amide bonds. The number of ether oxygens (including phenoxy) is 3. The van der Waals surface area contributed by atoms with Gasteiger partial charge in [0.15, 0.2) is 0 Å². The molecular weight excluding hydrogens is 336 g/mol. The standard InChI is InChI=1S/C15H22N2O6S/c1-21-12-3-4-13(14(11-12)22-2)16-15(18)5-10-24(19,20)17-6-8-23-9-7-17/h3-4,11H,5-10H2,1-2H3,(H,16,18). The molecule has 0 unspecified atom stereocenters. The molecule has 1 aliphatic rings. The third kappa shape index (κ3) is 4.83. The first kappa shape index (κ1) is 18.5. The highest BCUT2D eigenvalue weighted by molar-refractivity contribution is 7.89. The minimum Gasteiger partial charge on any atom is -0.497 e. The van der Waals surface area contributed by atoms with Crippen molar-refractivity contribution in [3.63, 3.8) is 0 Å². The van der Waals surface area contributed by atoms with E-state index >= 15 is 0 Å². The Morgan fingerprint density at radius 3 is 2.58 bits per heavy atom. The lowest BCUT2D eigenvalue weighted by molar-refractivity contribution is -0.115. The topological polar surface area (TPSA) is 94.2 Å². The lowest BCUT2D eigenvalue weighted by Gasteiger charge is -2.25. The molecule has 0 atom stereocenters. The summed E-state index contributed by atoms with van der Waals surface area (Å²) in [5, 5.41) is 2.66. The van der Waals surface area contributed by atoms with Crippen LogP contribution in [0.25, 0.3) is 0 Å². The first-order valence-electron chi connectivity index (χ1n) is 7.53. The van der Waals surface area contributed by atoms with E-state index in [2.05, 4.69) is 5.32 Å². The van der Waals surface area contributed by atoms with Crippen molar-refractivity contribution in [1.82, 2.24) is 4.31 Å². The van der Waals surface area contributed by atoms with Gasteiger partial charge in [-0.2, -0.15) is 4.31 Å². The Morgan fingerprint density at radius 1 is 1.25 bits per heavy atom. The minimum absolute atomic E-state index is 0.130. The maximum atomic E-state index is 12.2. The summed E-state index contributed by atoms with van der Waals surface area (Å²) in [5.41, 5.74) is 0.465. The van der Waals surface area contributed by atoms with E-state index in [9.17, 15) is 13.2 Å². The summed E-state index contributed by atoms with van der Waals surface area (Å²) in [7, 11) is -0.445. The van der Waals surface area contributed by atoms with Crippen LogP contribution in [0.2, 0.25) is 0 Å². The Balaban J connectivity index is 1.93. The summed E-state index contributed by atoms with van der Waals surface area (Å²) in [5.74, 6) is 0.408. The molecule has 0 aliphatic carbocycles. The van der Waals surface area contributed by atoms with Crippen LogP contribution in [-0.2, 0) is 19.6 Å². The first-order valence-corrected chi connectivity index (χ1v) is 9.14. The van der Waals surface area contributed by atoms with Gasteiger partial charge in [0.2, 0.25) is 15.9 Å². The van der Waals surface area contributed by atoms with E-state index < -0.39 is 15.9 Å². The van der Waals surface area contributed by atoms with Gasteiger partial charge in [-0.05, 0) is 12.1 Å². The Labute approximate surface area is 141 Å². The van der Waals surface area contributed by atoms with Gasteiger partial charge in [-0.25, -0.2) is 8.42 Å². The molecule has 2 rings (SSSR count). The number of sulfonamides is 1. The maximum Gasteiger partial charge on any atom is 0.225 e. The molecule has 1 saturated heterocycles. The molecule has 0 spiro atoms. The number of nitrogens with zero attached hydrogens (tertiary/aromatic N) is 1. The second-order valence-electron chi connectivity index (χ2n) is 5.19. The van der Waals surface area contributed by atoms with Gasteiger partial charge < -0.3 is 19.5 Å². The fourth-order valence-electron chi connectivity index (χ4n) is 2.29. The third-order valence-corrected chi connectivity index (χ3v) is 5.51. The molecule has 9 heteroatoms. The fraction of sp³-hybridized carbons (Fsp3) is 0.533. The van der Waals surface area contributed by atoms with Gasteiger partial charge in [0.25, 0.3) is 0 Å². The van der Waals surface area contributed by atoms with Crippen molar-refractivity contribution in [3.8, 4) is 11.5 Å². The lowest BCUT2D eigenvalue weighted by atomic mass is 10.2. The Hall–Kier alpha value is -1.84. The summed E-state index contributed by atoms with van der Waals surface area (Å²) in [6.07, 6.45) is -0.130. The van der Waals surface area contributed by atoms with Gasteiger partial charge in [0, 0.05) is 25.6 Å². The smallest absolute Gasteiger partial charge is 0.225 e. The van der Waals surface area contributed by atoms with Crippen molar-refractivity contribution in [2.45, 2.75) is 6.42 Å². The van der Waals surface area contributed by atoms with Crippen molar-refractivity contribution >= 4 is 21.6 Å². The molecule has 0 bridgehead atoms. The number of methoxy groups -OCH3 is 2. The number of hydrogen-bond donors (Lipinski definition) is 1. The van der Waals surface area contributed by atoms with Crippen molar-refractivity contribution in [3.05, 3.63) is 18.2 Å². The van der Waals surface area contributed by atoms with Crippen LogP contribution in [-0.4, -0.2) is 64.9 Å². The zero-order valence-corrected chi connectivity index (χ0v) is 14.6. The molecular formula is C15H22N2O6S. The highest BCUT2D eigenvalue weighted by atomic mass is 32.2. The largest absolute Gasteiger partial charge is 0.497 e. The average molecular weight is 358 g/mol. The molecule has 1 heterocycles. The summed E-state index contributed by atoms with van der Waals surface area (Å²) < 4.78 is 41.2. The lowest BCUT2D eigenvalue weighted by Crippen LogP contribution is -2.42. The molecule has 1 fully saturated rings. The maximum absolute atomic E-state index is 12.2. The number of carbonyl (C=O) groups excluding carboxylic acids is 1. The van der Waals surface area contributed by atoms with Gasteiger partial charge in [0.05, 0.1) is 38.9 Å². The van der Waals surface area contributed by atoms with Crippen LogP contribution < -0.4 is 14.8 Å². The van der Waals surface area contributed by atoms with Crippen LogP contribution in [0.3, 0.4) is 0 Å². The monoisotopic (exact) mass is 358 g/mol.